The number of fused-ring (bicyclic) bond motifs is 1. The Hall–Kier alpha value is -3.21. The first-order valence-corrected chi connectivity index (χ1v) is 9.88. The van der Waals surface area contributed by atoms with Crippen molar-refractivity contribution < 1.29 is 14.4 Å². The van der Waals surface area contributed by atoms with Crippen molar-refractivity contribution >= 4 is 29.1 Å². The predicted molar refractivity (Wildman–Crippen MR) is 113 cm³/mol. The fourth-order valence-corrected chi connectivity index (χ4v) is 4.13. The molecule has 0 bridgehead atoms. The van der Waals surface area contributed by atoms with Crippen molar-refractivity contribution in [2.75, 3.05) is 10.2 Å². The van der Waals surface area contributed by atoms with Crippen LogP contribution >= 0.6 is 0 Å². The summed E-state index contributed by atoms with van der Waals surface area (Å²) in [6, 6.07) is 12.4. The van der Waals surface area contributed by atoms with Crippen molar-refractivity contribution in [3.63, 3.8) is 0 Å². The molecule has 0 aromatic heterocycles. The van der Waals surface area contributed by atoms with E-state index in [1.165, 1.54) is 4.90 Å². The predicted octanol–water partition coefficient (Wildman–Crippen LogP) is 4.40. The topological polar surface area (TPSA) is 66.5 Å². The number of carbonyl (C=O) groups excluding carboxylic acids is 3. The zero-order valence-corrected chi connectivity index (χ0v) is 16.9. The average molecular weight is 388 g/mol. The molecule has 1 heterocycles. The molecule has 3 amide bonds. The van der Waals surface area contributed by atoms with E-state index in [1.54, 1.807) is 24.3 Å². The molecule has 2 atom stereocenters. The lowest BCUT2D eigenvalue weighted by atomic mass is 9.82. The molecule has 1 aliphatic heterocycles. The normalized spacial score (nSPS) is 21.1. The average Bonchev–Trinajstić information content (AvgIpc) is 2.95. The van der Waals surface area contributed by atoms with E-state index in [1.807, 2.05) is 39.0 Å². The van der Waals surface area contributed by atoms with Crippen LogP contribution in [0, 0.1) is 25.7 Å². The molecule has 2 aromatic rings. The van der Waals surface area contributed by atoms with E-state index in [9.17, 15) is 14.4 Å². The van der Waals surface area contributed by atoms with Gasteiger partial charge < -0.3 is 5.32 Å². The quantitative estimate of drug-likeness (QED) is 0.626. The third kappa shape index (κ3) is 3.37. The fraction of sp³-hybridized carbons (Fsp3) is 0.292. The van der Waals surface area contributed by atoms with Gasteiger partial charge in [-0.2, -0.15) is 0 Å². The highest BCUT2D eigenvalue weighted by Crippen LogP contribution is 2.39. The van der Waals surface area contributed by atoms with E-state index in [-0.39, 0.29) is 29.6 Å². The SMILES string of the molecule is CC1=CC[C@H]2C(=O)N(c3ccc(C(=O)Nc4cccc(C)c4C)cc3)C(=O)[C@@H]2C1. The minimum absolute atomic E-state index is 0.139. The van der Waals surface area contributed by atoms with Crippen molar-refractivity contribution in [2.45, 2.75) is 33.6 Å². The molecule has 0 radical (unpaired) electrons. The minimum Gasteiger partial charge on any atom is -0.322 e. The molecule has 29 heavy (non-hydrogen) atoms. The molecule has 5 heteroatoms. The molecule has 1 fully saturated rings. The van der Waals surface area contributed by atoms with Gasteiger partial charge in [-0.1, -0.05) is 23.8 Å². The molecule has 0 spiro atoms. The van der Waals surface area contributed by atoms with Crippen LogP contribution in [-0.4, -0.2) is 17.7 Å². The van der Waals surface area contributed by atoms with E-state index in [2.05, 4.69) is 11.4 Å². The number of aryl methyl sites for hydroxylation is 1. The first kappa shape index (κ1) is 19.1. The van der Waals surface area contributed by atoms with E-state index in [0.29, 0.717) is 24.1 Å². The van der Waals surface area contributed by atoms with Crippen LogP contribution in [0.3, 0.4) is 0 Å². The first-order valence-electron chi connectivity index (χ1n) is 9.88. The summed E-state index contributed by atoms with van der Waals surface area (Å²) >= 11 is 0. The Kier molecular flexibility index (Phi) is 4.82. The van der Waals surface area contributed by atoms with Crippen LogP contribution in [0.25, 0.3) is 0 Å². The van der Waals surface area contributed by atoms with Crippen LogP contribution in [0.5, 0.6) is 0 Å². The summed E-state index contributed by atoms with van der Waals surface area (Å²) in [6.07, 6.45) is 3.31. The smallest absolute Gasteiger partial charge is 0.255 e. The lowest BCUT2D eigenvalue weighted by Gasteiger charge is -2.18. The van der Waals surface area contributed by atoms with Crippen LogP contribution in [0.2, 0.25) is 0 Å². The van der Waals surface area contributed by atoms with Gasteiger partial charge in [-0.05, 0) is 75.1 Å². The molecular weight excluding hydrogens is 364 g/mol. The molecular formula is C24H24N2O3. The summed E-state index contributed by atoms with van der Waals surface area (Å²) in [5, 5.41) is 2.93. The molecule has 2 aromatic carbocycles. The Bertz CT molecular complexity index is 1040. The first-order chi connectivity index (χ1) is 13.9. The van der Waals surface area contributed by atoms with E-state index in [4.69, 9.17) is 0 Å². The largest absolute Gasteiger partial charge is 0.322 e. The lowest BCUT2D eigenvalue weighted by molar-refractivity contribution is -0.122. The molecule has 0 saturated carbocycles. The number of nitrogens with one attached hydrogen (secondary N) is 1. The van der Waals surface area contributed by atoms with Gasteiger partial charge in [0, 0.05) is 11.3 Å². The summed E-state index contributed by atoms with van der Waals surface area (Å²) in [7, 11) is 0. The summed E-state index contributed by atoms with van der Waals surface area (Å²) < 4.78 is 0. The van der Waals surface area contributed by atoms with E-state index in [0.717, 1.165) is 22.4 Å². The fourth-order valence-electron chi connectivity index (χ4n) is 4.13. The molecule has 4 rings (SSSR count). The summed E-state index contributed by atoms with van der Waals surface area (Å²) in [5.41, 5.74) is 5.07. The highest BCUT2D eigenvalue weighted by Gasteiger charge is 2.48. The Labute approximate surface area is 170 Å². The van der Waals surface area contributed by atoms with Gasteiger partial charge in [-0.15, -0.1) is 0 Å². The van der Waals surface area contributed by atoms with Gasteiger partial charge in [0.25, 0.3) is 5.91 Å². The maximum atomic E-state index is 12.8. The van der Waals surface area contributed by atoms with E-state index < -0.39 is 0 Å². The number of imide groups is 1. The zero-order valence-electron chi connectivity index (χ0n) is 16.9. The maximum Gasteiger partial charge on any atom is 0.255 e. The standard InChI is InChI=1S/C24H24N2O3/c1-14-7-12-19-20(13-14)24(29)26(23(19)28)18-10-8-17(9-11-18)22(27)25-21-6-4-5-15(2)16(21)3/h4-11,19-20H,12-13H2,1-3H3,(H,25,27)/t19-,20-/m1/s1. The van der Waals surface area contributed by atoms with Crippen LogP contribution < -0.4 is 10.2 Å². The van der Waals surface area contributed by atoms with Gasteiger partial charge in [0.2, 0.25) is 11.8 Å². The summed E-state index contributed by atoms with van der Waals surface area (Å²) in [6.45, 7) is 5.97. The monoisotopic (exact) mass is 388 g/mol. The molecule has 148 valence electrons. The van der Waals surface area contributed by atoms with E-state index >= 15 is 0 Å². The molecule has 5 nitrogen and oxygen atoms in total. The van der Waals surface area contributed by atoms with Gasteiger partial charge in [0.05, 0.1) is 17.5 Å². The number of hydrogen-bond acceptors (Lipinski definition) is 3. The number of amides is 3. The number of allylic oxidation sites excluding steroid dienone is 2. The lowest BCUT2D eigenvalue weighted by Crippen LogP contribution is -2.30. The highest BCUT2D eigenvalue weighted by molar-refractivity contribution is 6.22. The third-order valence-electron chi connectivity index (χ3n) is 6.06. The van der Waals surface area contributed by atoms with Crippen LogP contribution in [0.4, 0.5) is 11.4 Å². The van der Waals surface area contributed by atoms with Gasteiger partial charge >= 0.3 is 0 Å². The molecule has 1 aliphatic carbocycles. The Morgan fingerprint density at radius 2 is 1.66 bits per heavy atom. The van der Waals surface area contributed by atoms with Gasteiger partial charge in [0.15, 0.2) is 0 Å². The van der Waals surface area contributed by atoms with Crippen LogP contribution in [0.15, 0.2) is 54.1 Å². The second kappa shape index (κ2) is 7.32. The zero-order chi connectivity index (χ0) is 20.7. The number of carbonyl (C=O) groups is 3. The van der Waals surface area contributed by atoms with Crippen molar-refractivity contribution in [3.05, 3.63) is 70.8 Å². The molecule has 0 unspecified atom stereocenters. The Balaban J connectivity index is 1.52. The van der Waals surface area contributed by atoms with Crippen molar-refractivity contribution in [1.29, 1.82) is 0 Å². The number of anilines is 2. The third-order valence-corrected chi connectivity index (χ3v) is 6.06. The van der Waals surface area contributed by atoms with Crippen molar-refractivity contribution in [1.82, 2.24) is 0 Å². The summed E-state index contributed by atoms with van der Waals surface area (Å²) in [5.74, 6) is -1.03. The van der Waals surface area contributed by atoms with Gasteiger partial charge in [0.1, 0.15) is 0 Å². The minimum atomic E-state index is -0.265. The van der Waals surface area contributed by atoms with Crippen LogP contribution in [0.1, 0.15) is 41.3 Å². The number of benzene rings is 2. The van der Waals surface area contributed by atoms with Gasteiger partial charge in [-0.25, -0.2) is 0 Å². The molecule has 1 saturated heterocycles. The number of rotatable bonds is 3. The molecule has 1 N–H and O–H groups in total. The van der Waals surface area contributed by atoms with Crippen LogP contribution in [-0.2, 0) is 9.59 Å². The van der Waals surface area contributed by atoms with Crippen molar-refractivity contribution in [3.8, 4) is 0 Å². The molecule has 2 aliphatic rings. The van der Waals surface area contributed by atoms with Gasteiger partial charge in [-0.3, -0.25) is 19.3 Å². The number of hydrogen-bond donors (Lipinski definition) is 1. The number of nitrogens with zero attached hydrogens (tertiary/aromatic N) is 1. The highest BCUT2D eigenvalue weighted by atomic mass is 16.2. The summed E-state index contributed by atoms with van der Waals surface area (Å²) in [4.78, 5) is 39.5. The Morgan fingerprint density at radius 1 is 0.966 bits per heavy atom. The Morgan fingerprint density at radius 3 is 2.38 bits per heavy atom. The second-order valence-corrected chi connectivity index (χ2v) is 7.96. The maximum absolute atomic E-state index is 12.8. The van der Waals surface area contributed by atoms with Crippen molar-refractivity contribution in [2.24, 2.45) is 11.8 Å². The second-order valence-electron chi connectivity index (χ2n) is 7.96.